The molecule has 2 rings (SSSR count). The molecule has 0 bridgehead atoms. The van der Waals surface area contributed by atoms with Crippen molar-refractivity contribution in [2.75, 3.05) is 9.80 Å². The number of anilines is 2. The van der Waals surface area contributed by atoms with Crippen molar-refractivity contribution in [3.8, 4) is 11.1 Å². The van der Waals surface area contributed by atoms with Crippen LogP contribution in [0.2, 0.25) is 0 Å². The van der Waals surface area contributed by atoms with Gasteiger partial charge in [-0.25, -0.2) is 0 Å². The summed E-state index contributed by atoms with van der Waals surface area (Å²) in [6.07, 6.45) is 0. The summed E-state index contributed by atoms with van der Waals surface area (Å²) < 4.78 is 33.6. The first-order valence-corrected chi connectivity index (χ1v) is 10.1. The van der Waals surface area contributed by atoms with Crippen LogP contribution >= 0.6 is 0 Å². The largest absolute Gasteiger partial charge is 0.295 e. The third-order valence-corrected chi connectivity index (χ3v) is 5.09. The lowest BCUT2D eigenvalue weighted by Gasteiger charge is -2.20. The van der Waals surface area contributed by atoms with Gasteiger partial charge in [0.2, 0.25) is 23.6 Å². The van der Waals surface area contributed by atoms with Gasteiger partial charge in [0.05, 0.1) is 11.4 Å². The van der Waals surface area contributed by atoms with Crippen LogP contribution in [0.5, 0.6) is 0 Å². The van der Waals surface area contributed by atoms with E-state index in [1.54, 1.807) is 0 Å². The van der Waals surface area contributed by atoms with Crippen LogP contribution < -0.4 is 9.80 Å². The predicted molar refractivity (Wildman–Crippen MR) is 109 cm³/mol. The molecule has 0 aliphatic heterocycles. The van der Waals surface area contributed by atoms with Gasteiger partial charge >= 0.3 is 0 Å². The summed E-state index contributed by atoms with van der Waals surface area (Å²) in [6, 6.07) is 9.61. The molecule has 158 valence electrons. The lowest BCUT2D eigenvalue weighted by molar-refractivity contribution is -0.125. The van der Waals surface area contributed by atoms with Crippen molar-refractivity contribution in [3.63, 3.8) is 0 Å². The molecule has 0 aliphatic rings. The van der Waals surface area contributed by atoms with E-state index in [9.17, 15) is 32.1 Å². The van der Waals surface area contributed by atoms with Crippen molar-refractivity contribution in [1.29, 1.82) is 0 Å². The average Bonchev–Trinajstić information content (AvgIpc) is 2.60. The van der Waals surface area contributed by atoms with Crippen LogP contribution in [0.4, 0.5) is 11.4 Å². The summed E-state index contributed by atoms with van der Waals surface area (Å²) in [4.78, 5) is 48.1. The van der Waals surface area contributed by atoms with Crippen LogP contribution in [0.15, 0.2) is 47.4 Å². The molecule has 0 unspecified atom stereocenters. The minimum absolute atomic E-state index is 0.0117. The van der Waals surface area contributed by atoms with Gasteiger partial charge in [-0.05, 0) is 29.8 Å². The Kier molecular flexibility index (Phi) is 6.53. The number of hydrogen-bond acceptors (Lipinski definition) is 6. The Balaban J connectivity index is 2.62. The zero-order chi connectivity index (χ0) is 22.8. The van der Waals surface area contributed by atoms with E-state index in [2.05, 4.69) is 0 Å². The molecule has 2 aromatic rings. The first-order valence-electron chi connectivity index (χ1n) is 8.69. The maximum Gasteiger partial charge on any atom is 0.295 e. The normalized spacial score (nSPS) is 11.0. The SMILES string of the molecule is CC(=O)N(C(C)=O)c1ccc(-c2ccc(N(C(C)=O)C(C)=O)cc2S(=O)(=O)O)cc1. The van der Waals surface area contributed by atoms with Crippen LogP contribution in [-0.2, 0) is 29.3 Å². The number of carbonyl (C=O) groups excluding carboxylic acids is 4. The zero-order valence-corrected chi connectivity index (χ0v) is 17.6. The molecule has 0 fully saturated rings. The van der Waals surface area contributed by atoms with E-state index >= 15 is 0 Å². The molecule has 1 N–H and O–H groups in total. The Bertz CT molecular complexity index is 1110. The van der Waals surface area contributed by atoms with Gasteiger partial charge in [0, 0.05) is 33.3 Å². The fourth-order valence-electron chi connectivity index (χ4n) is 3.06. The smallest absolute Gasteiger partial charge is 0.282 e. The maximum absolute atomic E-state index is 12.0. The fourth-order valence-corrected chi connectivity index (χ4v) is 3.80. The summed E-state index contributed by atoms with van der Waals surface area (Å²) in [5, 5.41) is 0. The number of rotatable bonds is 4. The van der Waals surface area contributed by atoms with Crippen LogP contribution in [0, 0.1) is 0 Å². The Morgan fingerprint density at radius 2 is 1.10 bits per heavy atom. The fraction of sp³-hybridized carbons (Fsp3) is 0.200. The van der Waals surface area contributed by atoms with E-state index in [0.29, 0.717) is 11.3 Å². The molecule has 0 radical (unpaired) electrons. The highest BCUT2D eigenvalue weighted by Crippen LogP contribution is 2.32. The second-order valence-electron chi connectivity index (χ2n) is 6.45. The van der Waals surface area contributed by atoms with Crippen LogP contribution in [0.3, 0.4) is 0 Å². The number of hydrogen-bond donors (Lipinski definition) is 1. The highest BCUT2D eigenvalue weighted by atomic mass is 32.2. The lowest BCUT2D eigenvalue weighted by atomic mass is 10.0. The molecule has 4 amide bonds. The molecule has 0 heterocycles. The minimum atomic E-state index is -4.71. The summed E-state index contributed by atoms with van der Waals surface area (Å²) >= 11 is 0. The van der Waals surface area contributed by atoms with Crippen LogP contribution in [0.1, 0.15) is 27.7 Å². The first kappa shape index (κ1) is 22.9. The van der Waals surface area contributed by atoms with E-state index in [4.69, 9.17) is 0 Å². The van der Waals surface area contributed by atoms with Gasteiger partial charge in [-0.3, -0.25) is 33.5 Å². The number of amides is 4. The van der Waals surface area contributed by atoms with Crippen LogP contribution in [0.25, 0.3) is 11.1 Å². The van der Waals surface area contributed by atoms with Gasteiger partial charge in [-0.15, -0.1) is 0 Å². The maximum atomic E-state index is 12.0. The quantitative estimate of drug-likeness (QED) is 0.734. The van der Waals surface area contributed by atoms with Crippen molar-refractivity contribution >= 4 is 45.1 Å². The molecule has 0 saturated carbocycles. The summed E-state index contributed by atoms with van der Waals surface area (Å²) in [7, 11) is -4.71. The number of imide groups is 2. The summed E-state index contributed by atoms with van der Waals surface area (Å²) in [5.74, 6) is -2.19. The van der Waals surface area contributed by atoms with Crippen molar-refractivity contribution in [3.05, 3.63) is 42.5 Å². The molecule has 0 atom stereocenters. The van der Waals surface area contributed by atoms with E-state index in [0.717, 1.165) is 29.7 Å². The van der Waals surface area contributed by atoms with Crippen molar-refractivity contribution in [2.45, 2.75) is 32.6 Å². The molecule has 30 heavy (non-hydrogen) atoms. The second kappa shape index (κ2) is 8.56. The molecular formula is C20H20N2O7S. The molecule has 0 spiro atoms. The summed E-state index contributed by atoms with van der Waals surface area (Å²) in [6.45, 7) is 4.77. The Hall–Kier alpha value is -3.37. The zero-order valence-electron chi connectivity index (χ0n) is 16.7. The Labute approximate surface area is 173 Å². The topological polar surface area (TPSA) is 129 Å². The highest BCUT2D eigenvalue weighted by Gasteiger charge is 2.23. The Morgan fingerprint density at radius 1 is 0.700 bits per heavy atom. The lowest BCUT2D eigenvalue weighted by Crippen LogP contribution is -2.33. The Morgan fingerprint density at radius 3 is 1.50 bits per heavy atom. The third-order valence-electron chi connectivity index (χ3n) is 4.20. The van der Waals surface area contributed by atoms with E-state index in [1.165, 1.54) is 50.2 Å². The molecule has 0 saturated heterocycles. The van der Waals surface area contributed by atoms with Gasteiger partial charge in [0.15, 0.2) is 0 Å². The van der Waals surface area contributed by atoms with Gasteiger partial charge in [-0.2, -0.15) is 8.42 Å². The molecule has 0 aliphatic carbocycles. The average molecular weight is 432 g/mol. The molecule has 10 heteroatoms. The monoisotopic (exact) mass is 432 g/mol. The highest BCUT2D eigenvalue weighted by molar-refractivity contribution is 7.86. The van der Waals surface area contributed by atoms with Gasteiger partial charge in [-0.1, -0.05) is 18.2 Å². The van der Waals surface area contributed by atoms with Crippen molar-refractivity contribution in [2.24, 2.45) is 0 Å². The molecule has 0 aromatic heterocycles. The number of benzene rings is 2. The summed E-state index contributed by atoms with van der Waals surface area (Å²) in [5.41, 5.74) is 0.754. The third kappa shape index (κ3) is 4.78. The van der Waals surface area contributed by atoms with Gasteiger partial charge in [0.25, 0.3) is 10.1 Å². The molecular weight excluding hydrogens is 412 g/mol. The van der Waals surface area contributed by atoms with Crippen molar-refractivity contribution < 1.29 is 32.1 Å². The standard InChI is InChI=1S/C20H20N2O7S/c1-12(23)21(13(2)24)17-7-5-16(6-8-17)19-10-9-18(11-20(19)30(27,28)29)22(14(3)25)15(4)26/h5-11H,1-4H3,(H,27,28,29). The number of carbonyl (C=O) groups is 4. The van der Waals surface area contributed by atoms with Crippen molar-refractivity contribution in [1.82, 2.24) is 0 Å². The minimum Gasteiger partial charge on any atom is -0.282 e. The number of nitrogens with zero attached hydrogens (tertiary/aromatic N) is 2. The molecule has 9 nitrogen and oxygen atoms in total. The van der Waals surface area contributed by atoms with Crippen LogP contribution in [-0.4, -0.2) is 36.6 Å². The molecule has 2 aromatic carbocycles. The van der Waals surface area contributed by atoms with Gasteiger partial charge < -0.3 is 0 Å². The van der Waals surface area contributed by atoms with Gasteiger partial charge in [0.1, 0.15) is 4.90 Å². The van der Waals surface area contributed by atoms with E-state index < -0.39 is 38.6 Å². The second-order valence-corrected chi connectivity index (χ2v) is 7.84. The van der Waals surface area contributed by atoms with E-state index in [1.807, 2.05) is 0 Å². The van der Waals surface area contributed by atoms with E-state index in [-0.39, 0.29) is 11.3 Å². The first-order chi connectivity index (χ1) is 13.8. The predicted octanol–water partition coefficient (Wildman–Crippen LogP) is 2.40.